The van der Waals surface area contributed by atoms with Crippen LogP contribution < -0.4 is 5.32 Å². The monoisotopic (exact) mass is 487 g/mol. The lowest BCUT2D eigenvalue weighted by Gasteiger charge is -2.36. The van der Waals surface area contributed by atoms with Crippen LogP contribution >= 0.6 is 11.8 Å². The number of hydrazone groups is 1. The second-order valence-electron chi connectivity index (χ2n) is 9.15. The van der Waals surface area contributed by atoms with Crippen LogP contribution in [-0.4, -0.2) is 84.8 Å². The molecule has 0 aliphatic carbocycles. The lowest BCUT2D eigenvalue weighted by atomic mass is 9.97. The number of halogens is 1. The smallest absolute Gasteiger partial charge is 0.269 e. The number of hydrogen-bond donors (Lipinski definition) is 1. The lowest BCUT2D eigenvalue weighted by Crippen LogP contribution is -2.41. The number of thioether (sulfide) groups is 1. The van der Waals surface area contributed by atoms with E-state index in [1.165, 1.54) is 23.9 Å². The van der Waals surface area contributed by atoms with Gasteiger partial charge in [0.25, 0.3) is 5.91 Å². The molecule has 1 fully saturated rings. The standard InChI is InChI=1S/C25H34FN5O2S/c1-18(23(32)27-10-11-30-12-14-33-15-13-30)29-24(34-5)21-16-28-31(25(2,3)4)17-22(21)19-6-8-20(26)9-7-19/h6-9,16H,1,10-15,17H2,2-5H3,(H,27,32). The van der Waals surface area contributed by atoms with Crippen molar-refractivity contribution in [1.29, 1.82) is 0 Å². The molecule has 2 heterocycles. The molecule has 0 saturated carbocycles. The Bertz CT molecular complexity index is 976. The van der Waals surface area contributed by atoms with Gasteiger partial charge in [0.05, 0.1) is 26.0 Å². The van der Waals surface area contributed by atoms with E-state index in [2.05, 4.69) is 47.7 Å². The Balaban J connectivity index is 1.79. The molecule has 7 nitrogen and oxygen atoms in total. The van der Waals surface area contributed by atoms with Gasteiger partial charge >= 0.3 is 0 Å². The average molecular weight is 488 g/mol. The molecule has 2 aliphatic rings. The molecule has 184 valence electrons. The zero-order chi connectivity index (χ0) is 24.7. The van der Waals surface area contributed by atoms with Crippen molar-refractivity contribution in [2.75, 3.05) is 52.2 Å². The largest absolute Gasteiger partial charge is 0.379 e. The summed E-state index contributed by atoms with van der Waals surface area (Å²) < 4.78 is 18.9. The van der Waals surface area contributed by atoms with Gasteiger partial charge in [-0.2, -0.15) is 5.10 Å². The fraction of sp³-hybridized carbons (Fsp3) is 0.480. The normalized spacial score (nSPS) is 17.8. The number of benzene rings is 1. The summed E-state index contributed by atoms with van der Waals surface area (Å²) >= 11 is 1.42. The van der Waals surface area contributed by atoms with Crippen LogP contribution in [0.1, 0.15) is 26.3 Å². The van der Waals surface area contributed by atoms with Gasteiger partial charge in [0, 0.05) is 37.3 Å². The topological polar surface area (TPSA) is 69.5 Å². The zero-order valence-electron chi connectivity index (χ0n) is 20.4. The van der Waals surface area contributed by atoms with E-state index in [4.69, 9.17) is 4.74 Å². The molecule has 34 heavy (non-hydrogen) atoms. The summed E-state index contributed by atoms with van der Waals surface area (Å²) in [4.78, 5) is 19.4. The van der Waals surface area contributed by atoms with Gasteiger partial charge < -0.3 is 10.1 Å². The van der Waals surface area contributed by atoms with Gasteiger partial charge in [-0.05, 0) is 50.3 Å². The lowest BCUT2D eigenvalue weighted by molar-refractivity contribution is -0.117. The number of ether oxygens (including phenoxy) is 1. The minimum atomic E-state index is -0.298. The molecule has 0 unspecified atom stereocenters. The number of hydrogen-bond acceptors (Lipinski definition) is 7. The minimum Gasteiger partial charge on any atom is -0.379 e. The highest BCUT2D eigenvalue weighted by atomic mass is 32.2. The van der Waals surface area contributed by atoms with E-state index in [9.17, 15) is 9.18 Å². The number of amides is 1. The number of aliphatic imine (C=N–C) groups is 1. The molecule has 0 atom stereocenters. The van der Waals surface area contributed by atoms with Crippen LogP contribution in [0.3, 0.4) is 0 Å². The van der Waals surface area contributed by atoms with Crippen molar-refractivity contribution in [3.63, 3.8) is 0 Å². The fourth-order valence-electron chi connectivity index (χ4n) is 3.62. The summed E-state index contributed by atoms with van der Waals surface area (Å²) in [7, 11) is 0. The van der Waals surface area contributed by atoms with Gasteiger partial charge in [-0.3, -0.25) is 14.7 Å². The Kier molecular flexibility index (Phi) is 9.04. The fourth-order valence-corrected chi connectivity index (χ4v) is 4.21. The maximum atomic E-state index is 13.6. The maximum Gasteiger partial charge on any atom is 0.269 e. The van der Waals surface area contributed by atoms with Gasteiger partial charge in [-0.15, -0.1) is 11.8 Å². The highest BCUT2D eigenvalue weighted by Crippen LogP contribution is 2.30. The van der Waals surface area contributed by atoms with Crippen LogP contribution in [0.25, 0.3) is 5.57 Å². The first-order chi connectivity index (χ1) is 16.2. The molecular formula is C25H34FN5O2S. The van der Waals surface area contributed by atoms with Crippen LogP contribution in [0.15, 0.2) is 52.2 Å². The summed E-state index contributed by atoms with van der Waals surface area (Å²) in [5.74, 6) is -0.586. The molecule has 1 aromatic rings. The molecule has 1 amide bonds. The third kappa shape index (κ3) is 7.01. The number of morpholine rings is 1. The number of nitrogens with one attached hydrogen (secondary N) is 1. The van der Waals surface area contributed by atoms with Crippen molar-refractivity contribution in [2.24, 2.45) is 10.1 Å². The first-order valence-corrected chi connectivity index (χ1v) is 12.6. The van der Waals surface area contributed by atoms with Crippen molar-refractivity contribution in [2.45, 2.75) is 26.3 Å². The van der Waals surface area contributed by atoms with Crippen molar-refractivity contribution in [1.82, 2.24) is 15.2 Å². The van der Waals surface area contributed by atoms with Gasteiger partial charge in [-0.1, -0.05) is 18.7 Å². The van der Waals surface area contributed by atoms with Crippen LogP contribution in [0.4, 0.5) is 4.39 Å². The number of rotatable bonds is 7. The average Bonchev–Trinajstić information content (AvgIpc) is 2.82. The molecule has 0 spiro atoms. The van der Waals surface area contributed by atoms with Crippen LogP contribution in [0.2, 0.25) is 0 Å². The Morgan fingerprint density at radius 2 is 1.94 bits per heavy atom. The number of carbonyl (C=O) groups excluding carboxylic acids is 1. The van der Waals surface area contributed by atoms with Crippen molar-refractivity contribution in [3.8, 4) is 0 Å². The van der Waals surface area contributed by atoms with E-state index >= 15 is 0 Å². The minimum absolute atomic E-state index is 0.143. The Hall–Kier alpha value is -2.49. The number of carbonyl (C=O) groups is 1. The molecule has 0 radical (unpaired) electrons. The molecule has 0 bridgehead atoms. The SMILES string of the molecule is C=C(N=C(SC)C1=C(c2ccc(F)cc2)CN(C(C)(C)C)N=C1)C(=O)NCCN1CCOCC1. The van der Waals surface area contributed by atoms with E-state index in [1.807, 2.05) is 11.3 Å². The summed E-state index contributed by atoms with van der Waals surface area (Å²) in [6.07, 6.45) is 3.67. The van der Waals surface area contributed by atoms with E-state index in [0.717, 1.165) is 49.6 Å². The summed E-state index contributed by atoms with van der Waals surface area (Å²) in [6.45, 7) is 15.2. The summed E-state index contributed by atoms with van der Waals surface area (Å²) in [5.41, 5.74) is 2.62. The number of nitrogens with zero attached hydrogens (tertiary/aromatic N) is 4. The second kappa shape index (κ2) is 11.8. The van der Waals surface area contributed by atoms with Gasteiger partial charge in [-0.25, -0.2) is 9.38 Å². The highest BCUT2D eigenvalue weighted by Gasteiger charge is 2.27. The first kappa shape index (κ1) is 26.1. The van der Waals surface area contributed by atoms with Gasteiger partial charge in [0.15, 0.2) is 0 Å². The van der Waals surface area contributed by atoms with E-state index in [0.29, 0.717) is 18.1 Å². The Labute approximate surface area is 205 Å². The van der Waals surface area contributed by atoms with Crippen LogP contribution in [-0.2, 0) is 9.53 Å². The molecule has 1 N–H and O–H groups in total. The van der Waals surface area contributed by atoms with Gasteiger partial charge in [0.2, 0.25) is 0 Å². The molecule has 1 saturated heterocycles. The quantitative estimate of drug-likeness (QED) is 0.363. The first-order valence-electron chi connectivity index (χ1n) is 11.4. The van der Waals surface area contributed by atoms with E-state index < -0.39 is 0 Å². The predicted octanol–water partition coefficient (Wildman–Crippen LogP) is 3.40. The third-order valence-electron chi connectivity index (χ3n) is 5.67. The molecule has 3 rings (SSSR count). The van der Waals surface area contributed by atoms with E-state index in [-0.39, 0.29) is 23.0 Å². The molecular weight excluding hydrogens is 453 g/mol. The zero-order valence-corrected chi connectivity index (χ0v) is 21.3. The summed E-state index contributed by atoms with van der Waals surface area (Å²) in [6, 6.07) is 6.42. The molecule has 0 aromatic heterocycles. The van der Waals surface area contributed by atoms with Gasteiger partial charge in [0.1, 0.15) is 16.6 Å². The molecule has 9 heteroatoms. The van der Waals surface area contributed by atoms with Crippen molar-refractivity contribution < 1.29 is 13.9 Å². The highest BCUT2D eigenvalue weighted by molar-refractivity contribution is 8.14. The van der Waals surface area contributed by atoms with Crippen LogP contribution in [0.5, 0.6) is 0 Å². The molecule has 2 aliphatic heterocycles. The van der Waals surface area contributed by atoms with Crippen molar-refractivity contribution in [3.05, 3.63) is 53.5 Å². The predicted molar refractivity (Wildman–Crippen MR) is 139 cm³/mol. The Morgan fingerprint density at radius 3 is 2.56 bits per heavy atom. The molecule has 1 aromatic carbocycles. The van der Waals surface area contributed by atoms with E-state index in [1.54, 1.807) is 18.3 Å². The van der Waals surface area contributed by atoms with Crippen molar-refractivity contribution >= 4 is 34.5 Å². The Morgan fingerprint density at radius 1 is 1.26 bits per heavy atom. The van der Waals surface area contributed by atoms with Crippen LogP contribution in [0, 0.1) is 5.82 Å². The third-order valence-corrected chi connectivity index (χ3v) is 6.36. The second-order valence-corrected chi connectivity index (χ2v) is 9.94. The maximum absolute atomic E-state index is 13.6. The summed E-state index contributed by atoms with van der Waals surface area (Å²) in [5, 5.41) is 10.2.